The first-order valence-electron chi connectivity index (χ1n) is 6.55. The van der Waals surface area contributed by atoms with Gasteiger partial charge >= 0.3 is 0 Å². The molecule has 2 rings (SSSR count). The summed E-state index contributed by atoms with van der Waals surface area (Å²) in [6, 6.07) is 9.57. The second-order valence-electron chi connectivity index (χ2n) is 4.84. The lowest BCUT2D eigenvalue weighted by atomic mass is 9.98. The van der Waals surface area contributed by atoms with Crippen molar-refractivity contribution in [2.45, 2.75) is 18.9 Å². The molecule has 0 radical (unpaired) electrons. The summed E-state index contributed by atoms with van der Waals surface area (Å²) in [6.45, 7) is 0. The summed E-state index contributed by atoms with van der Waals surface area (Å²) in [6.07, 6.45) is 1.12. The number of hydrogen-bond acceptors (Lipinski definition) is 1. The van der Waals surface area contributed by atoms with Gasteiger partial charge in [0.05, 0.1) is 4.47 Å². The molecule has 0 spiro atoms. The van der Waals surface area contributed by atoms with Crippen LogP contribution in [0.25, 0.3) is 0 Å². The average molecular weight is 375 g/mol. The summed E-state index contributed by atoms with van der Waals surface area (Å²) in [5.41, 5.74) is 1.47. The summed E-state index contributed by atoms with van der Waals surface area (Å²) in [4.78, 5) is 0. The van der Waals surface area contributed by atoms with E-state index in [1.54, 1.807) is 24.3 Å². The summed E-state index contributed by atoms with van der Waals surface area (Å²) >= 11 is 9.23. The Bertz CT molecular complexity index is 613. The van der Waals surface area contributed by atoms with Crippen molar-refractivity contribution in [2.75, 3.05) is 7.05 Å². The maximum atomic E-state index is 13.8. The molecule has 21 heavy (non-hydrogen) atoms. The van der Waals surface area contributed by atoms with Gasteiger partial charge in [-0.1, -0.05) is 23.7 Å². The lowest BCUT2D eigenvalue weighted by Gasteiger charge is -2.18. The highest BCUT2D eigenvalue weighted by Gasteiger charge is 2.14. The Morgan fingerprint density at radius 3 is 2.52 bits per heavy atom. The van der Waals surface area contributed by atoms with Gasteiger partial charge in [-0.2, -0.15) is 0 Å². The summed E-state index contributed by atoms with van der Waals surface area (Å²) < 4.78 is 27.5. The molecule has 0 aliphatic carbocycles. The number of rotatable bonds is 5. The molecule has 0 saturated carbocycles. The third-order valence-electron chi connectivity index (χ3n) is 3.39. The van der Waals surface area contributed by atoms with Crippen molar-refractivity contribution in [1.29, 1.82) is 0 Å². The minimum Gasteiger partial charge on any atom is -0.316 e. The Kier molecular flexibility index (Phi) is 5.73. The molecular formula is C16H15BrClF2N. The van der Waals surface area contributed by atoms with Crippen LogP contribution < -0.4 is 5.32 Å². The Morgan fingerprint density at radius 1 is 1.14 bits per heavy atom. The first-order valence-corrected chi connectivity index (χ1v) is 7.72. The smallest absolute Gasteiger partial charge is 0.137 e. The molecule has 1 N–H and O–H groups in total. The van der Waals surface area contributed by atoms with Crippen LogP contribution >= 0.6 is 27.5 Å². The SMILES string of the molecule is CNC(Cc1ccc(F)c(Br)c1)Cc1c(F)cccc1Cl. The molecule has 0 aliphatic heterocycles. The quantitative estimate of drug-likeness (QED) is 0.796. The molecule has 112 valence electrons. The predicted octanol–water partition coefficient (Wildman–Crippen LogP) is 4.75. The van der Waals surface area contributed by atoms with Crippen molar-refractivity contribution >= 4 is 27.5 Å². The number of nitrogens with one attached hydrogen (secondary N) is 1. The van der Waals surface area contributed by atoms with Gasteiger partial charge in [0, 0.05) is 16.6 Å². The van der Waals surface area contributed by atoms with Crippen LogP contribution in [-0.2, 0) is 12.8 Å². The van der Waals surface area contributed by atoms with Crippen LogP contribution in [-0.4, -0.2) is 13.1 Å². The molecule has 1 atom stereocenters. The van der Waals surface area contributed by atoms with Crippen molar-refractivity contribution in [2.24, 2.45) is 0 Å². The Balaban J connectivity index is 2.15. The van der Waals surface area contributed by atoms with E-state index in [0.29, 0.717) is 27.9 Å². The zero-order chi connectivity index (χ0) is 15.4. The molecule has 1 unspecified atom stereocenters. The first-order chi connectivity index (χ1) is 10.0. The molecule has 1 nitrogen and oxygen atoms in total. The number of benzene rings is 2. The molecule has 0 amide bonds. The third kappa shape index (κ3) is 4.25. The van der Waals surface area contributed by atoms with E-state index in [0.717, 1.165) is 5.56 Å². The van der Waals surface area contributed by atoms with Gasteiger partial charge in [0.25, 0.3) is 0 Å². The molecule has 0 heterocycles. The molecule has 2 aromatic carbocycles. The molecule has 5 heteroatoms. The van der Waals surface area contributed by atoms with Gasteiger partial charge in [0.1, 0.15) is 11.6 Å². The van der Waals surface area contributed by atoms with Crippen molar-refractivity contribution in [3.05, 3.63) is 68.7 Å². The van der Waals surface area contributed by atoms with Crippen molar-refractivity contribution in [3.8, 4) is 0 Å². The first kappa shape index (κ1) is 16.4. The molecule has 0 saturated heterocycles. The molecule has 2 aromatic rings. The standard InChI is InChI=1S/C16H15BrClF2N/c1-21-11(7-10-5-6-16(20)13(17)8-10)9-12-14(18)3-2-4-15(12)19/h2-6,8,11,21H,7,9H2,1H3. The van der Waals surface area contributed by atoms with Crippen LogP contribution in [0, 0.1) is 11.6 Å². The minimum atomic E-state index is -0.303. The Morgan fingerprint density at radius 2 is 1.90 bits per heavy atom. The highest BCUT2D eigenvalue weighted by atomic mass is 79.9. The fourth-order valence-corrected chi connectivity index (χ4v) is 2.87. The van der Waals surface area contributed by atoms with Crippen LogP contribution in [0.1, 0.15) is 11.1 Å². The predicted molar refractivity (Wildman–Crippen MR) is 85.8 cm³/mol. The molecule has 0 aliphatic rings. The van der Waals surface area contributed by atoms with E-state index in [4.69, 9.17) is 11.6 Å². The fourth-order valence-electron chi connectivity index (χ4n) is 2.20. The topological polar surface area (TPSA) is 12.0 Å². The van der Waals surface area contributed by atoms with Crippen LogP contribution in [0.3, 0.4) is 0 Å². The normalized spacial score (nSPS) is 12.4. The average Bonchev–Trinajstić information content (AvgIpc) is 2.45. The summed E-state index contributed by atoms with van der Waals surface area (Å²) in [5, 5.41) is 3.58. The maximum absolute atomic E-state index is 13.8. The molecule has 0 bridgehead atoms. The van der Waals surface area contributed by atoms with E-state index in [9.17, 15) is 8.78 Å². The van der Waals surface area contributed by atoms with Gasteiger partial charge in [-0.15, -0.1) is 0 Å². The zero-order valence-electron chi connectivity index (χ0n) is 11.5. The lowest BCUT2D eigenvalue weighted by Crippen LogP contribution is -2.30. The van der Waals surface area contributed by atoms with Crippen LogP contribution in [0.5, 0.6) is 0 Å². The third-order valence-corrected chi connectivity index (χ3v) is 4.35. The number of likely N-dealkylation sites (N-methyl/N-ethyl adjacent to an activating group) is 1. The van der Waals surface area contributed by atoms with Crippen molar-refractivity contribution in [1.82, 2.24) is 5.32 Å². The largest absolute Gasteiger partial charge is 0.316 e. The molecular weight excluding hydrogens is 360 g/mol. The number of halogens is 4. The Hall–Kier alpha value is -0.970. The van der Waals surface area contributed by atoms with E-state index >= 15 is 0 Å². The highest BCUT2D eigenvalue weighted by molar-refractivity contribution is 9.10. The van der Waals surface area contributed by atoms with E-state index in [1.807, 2.05) is 7.05 Å². The van der Waals surface area contributed by atoms with Gasteiger partial charge in [-0.25, -0.2) is 8.78 Å². The van der Waals surface area contributed by atoms with Gasteiger partial charge in [0.2, 0.25) is 0 Å². The maximum Gasteiger partial charge on any atom is 0.137 e. The lowest BCUT2D eigenvalue weighted by molar-refractivity contribution is 0.531. The highest BCUT2D eigenvalue weighted by Crippen LogP contribution is 2.22. The Labute approximate surface area is 136 Å². The van der Waals surface area contributed by atoms with Gasteiger partial charge in [-0.3, -0.25) is 0 Å². The second-order valence-corrected chi connectivity index (χ2v) is 6.10. The monoisotopic (exact) mass is 373 g/mol. The zero-order valence-corrected chi connectivity index (χ0v) is 13.8. The number of hydrogen-bond donors (Lipinski definition) is 1. The van der Waals surface area contributed by atoms with E-state index in [2.05, 4.69) is 21.2 Å². The van der Waals surface area contributed by atoms with Gasteiger partial charge < -0.3 is 5.32 Å². The van der Waals surface area contributed by atoms with Gasteiger partial charge in [0.15, 0.2) is 0 Å². The fraction of sp³-hybridized carbons (Fsp3) is 0.250. The minimum absolute atomic E-state index is 0.0109. The van der Waals surface area contributed by atoms with E-state index in [1.165, 1.54) is 12.1 Å². The summed E-state index contributed by atoms with van der Waals surface area (Å²) in [7, 11) is 1.82. The van der Waals surface area contributed by atoms with E-state index < -0.39 is 0 Å². The van der Waals surface area contributed by atoms with Crippen LogP contribution in [0.2, 0.25) is 5.02 Å². The summed E-state index contributed by atoms with van der Waals surface area (Å²) in [5.74, 6) is -0.597. The molecule has 0 aromatic heterocycles. The van der Waals surface area contributed by atoms with Crippen LogP contribution in [0.15, 0.2) is 40.9 Å². The second kappa shape index (κ2) is 7.34. The molecule has 0 fully saturated rings. The van der Waals surface area contributed by atoms with Gasteiger partial charge in [-0.05, 0) is 65.6 Å². The van der Waals surface area contributed by atoms with Crippen molar-refractivity contribution in [3.63, 3.8) is 0 Å². The van der Waals surface area contributed by atoms with Crippen molar-refractivity contribution < 1.29 is 8.78 Å². The van der Waals surface area contributed by atoms with Crippen LogP contribution in [0.4, 0.5) is 8.78 Å². The van der Waals surface area contributed by atoms with E-state index in [-0.39, 0.29) is 17.7 Å².